The average Bonchev–Trinajstić information content (AvgIpc) is 2.95. The van der Waals surface area contributed by atoms with Crippen molar-refractivity contribution in [2.75, 3.05) is 6.54 Å². The number of amides is 1. The summed E-state index contributed by atoms with van der Waals surface area (Å²) in [6.45, 7) is 0.0940. The summed E-state index contributed by atoms with van der Waals surface area (Å²) in [5.74, 6) is -0.791. The van der Waals surface area contributed by atoms with Crippen molar-refractivity contribution in [1.29, 1.82) is 0 Å². The Kier molecular flexibility index (Phi) is 5.26. The fourth-order valence-corrected chi connectivity index (χ4v) is 2.51. The Morgan fingerprint density at radius 2 is 2.00 bits per heavy atom. The number of benzene rings is 1. The number of nitro groups is 1. The molecule has 0 spiro atoms. The van der Waals surface area contributed by atoms with E-state index in [4.69, 9.17) is 5.14 Å². The van der Waals surface area contributed by atoms with E-state index >= 15 is 0 Å². The summed E-state index contributed by atoms with van der Waals surface area (Å²) >= 11 is 0. The normalized spacial score (nSPS) is 11.2. The summed E-state index contributed by atoms with van der Waals surface area (Å²) in [4.78, 5) is 25.4. The highest BCUT2D eigenvalue weighted by atomic mass is 32.2. The minimum absolute atomic E-state index is 0.0164. The molecule has 1 aromatic carbocycles. The lowest BCUT2D eigenvalue weighted by molar-refractivity contribution is -0.396. The van der Waals surface area contributed by atoms with Crippen LogP contribution in [0.25, 0.3) is 0 Å². The Morgan fingerprint density at radius 3 is 2.58 bits per heavy atom. The van der Waals surface area contributed by atoms with Crippen LogP contribution in [0.3, 0.4) is 0 Å². The van der Waals surface area contributed by atoms with E-state index in [1.807, 2.05) is 0 Å². The molecule has 0 bridgehead atoms. The van der Waals surface area contributed by atoms with E-state index in [9.17, 15) is 23.3 Å². The number of hydrogen-bond donors (Lipinski definition) is 2. The summed E-state index contributed by atoms with van der Waals surface area (Å²) in [6, 6.07) is 5.99. The third-order valence-electron chi connectivity index (χ3n) is 3.16. The van der Waals surface area contributed by atoms with Gasteiger partial charge in [-0.15, -0.1) is 0 Å². The van der Waals surface area contributed by atoms with E-state index in [1.165, 1.54) is 24.5 Å². The minimum Gasteiger partial charge on any atom is -0.390 e. The van der Waals surface area contributed by atoms with Crippen LogP contribution in [0.2, 0.25) is 0 Å². The number of carbonyl (C=O) groups excluding carboxylic acids is 1. The van der Waals surface area contributed by atoms with Crippen LogP contribution in [0, 0.1) is 10.1 Å². The maximum absolute atomic E-state index is 11.8. The molecule has 128 valence electrons. The average molecular weight is 353 g/mol. The van der Waals surface area contributed by atoms with Gasteiger partial charge in [0.25, 0.3) is 5.91 Å². The van der Waals surface area contributed by atoms with Gasteiger partial charge in [-0.3, -0.25) is 4.79 Å². The van der Waals surface area contributed by atoms with Crippen molar-refractivity contribution in [3.05, 3.63) is 52.3 Å². The second-order valence-corrected chi connectivity index (χ2v) is 6.46. The van der Waals surface area contributed by atoms with Gasteiger partial charge in [-0.2, -0.15) is 0 Å². The van der Waals surface area contributed by atoms with Crippen LogP contribution in [0.4, 0.5) is 5.95 Å². The molecule has 2 aromatic rings. The van der Waals surface area contributed by atoms with E-state index in [0.29, 0.717) is 13.0 Å². The summed E-state index contributed by atoms with van der Waals surface area (Å²) < 4.78 is 23.4. The number of nitrogens with one attached hydrogen (secondary N) is 1. The molecule has 0 saturated carbocycles. The third-order valence-corrected chi connectivity index (χ3v) is 4.09. The number of carbonyl (C=O) groups is 1. The lowest BCUT2D eigenvalue weighted by Gasteiger charge is -2.06. The fourth-order valence-electron chi connectivity index (χ4n) is 2.00. The Hall–Kier alpha value is -2.79. The van der Waals surface area contributed by atoms with Gasteiger partial charge in [-0.1, -0.05) is 17.1 Å². The number of hydrogen-bond acceptors (Lipinski definition) is 6. The number of nitrogens with two attached hydrogens (primary N) is 1. The zero-order valence-corrected chi connectivity index (χ0v) is 13.3. The van der Waals surface area contributed by atoms with Crippen LogP contribution in [0.1, 0.15) is 5.56 Å². The molecule has 1 amide bonds. The standard InChI is InChI=1S/C13H15N5O5S/c14-24(22,23)11-3-1-10(2-4-11)5-6-15-12(19)9-17-8-7-16-13(17)18(20)21/h1-4,7-8H,5-6,9H2,(H,15,19)(H2,14,22,23). The molecule has 1 heterocycles. The Labute approximate surface area is 137 Å². The number of imidazole rings is 1. The second-order valence-electron chi connectivity index (χ2n) is 4.90. The molecular formula is C13H15N5O5S. The van der Waals surface area contributed by atoms with Crippen molar-refractivity contribution in [2.24, 2.45) is 5.14 Å². The van der Waals surface area contributed by atoms with Crippen LogP contribution in [-0.2, 0) is 27.8 Å². The van der Waals surface area contributed by atoms with Crippen LogP contribution in [-0.4, -0.2) is 35.3 Å². The first-order valence-electron chi connectivity index (χ1n) is 6.81. The molecule has 24 heavy (non-hydrogen) atoms. The smallest absolute Gasteiger partial charge is 0.390 e. The molecule has 0 aliphatic rings. The molecule has 0 radical (unpaired) electrons. The Bertz CT molecular complexity index is 844. The second kappa shape index (κ2) is 7.19. The zero-order chi connectivity index (χ0) is 17.7. The molecular weight excluding hydrogens is 338 g/mol. The van der Waals surface area contributed by atoms with Gasteiger partial charge in [0.05, 0.1) is 4.90 Å². The molecule has 0 unspecified atom stereocenters. The predicted molar refractivity (Wildman–Crippen MR) is 83.4 cm³/mol. The molecule has 0 fully saturated rings. The first-order chi connectivity index (χ1) is 11.3. The van der Waals surface area contributed by atoms with Gasteiger partial charge in [0.1, 0.15) is 12.4 Å². The highest BCUT2D eigenvalue weighted by Crippen LogP contribution is 2.09. The van der Waals surface area contributed by atoms with Crippen LogP contribution < -0.4 is 10.5 Å². The first-order valence-corrected chi connectivity index (χ1v) is 8.36. The highest BCUT2D eigenvalue weighted by molar-refractivity contribution is 7.89. The van der Waals surface area contributed by atoms with Crippen LogP contribution in [0.15, 0.2) is 41.6 Å². The number of sulfonamides is 1. The van der Waals surface area contributed by atoms with E-state index in [0.717, 1.165) is 10.1 Å². The third kappa shape index (κ3) is 4.60. The van der Waals surface area contributed by atoms with Gasteiger partial charge in [0.15, 0.2) is 6.54 Å². The molecule has 1 aromatic heterocycles. The largest absolute Gasteiger partial charge is 0.435 e. The van der Waals surface area contributed by atoms with Gasteiger partial charge >= 0.3 is 5.95 Å². The Morgan fingerprint density at radius 1 is 1.33 bits per heavy atom. The van der Waals surface area contributed by atoms with E-state index in [-0.39, 0.29) is 11.4 Å². The Balaban J connectivity index is 1.84. The number of primary sulfonamides is 1. The van der Waals surface area contributed by atoms with E-state index in [1.54, 1.807) is 12.1 Å². The van der Waals surface area contributed by atoms with Crippen molar-refractivity contribution < 1.29 is 18.1 Å². The van der Waals surface area contributed by atoms with E-state index in [2.05, 4.69) is 10.3 Å². The lowest BCUT2D eigenvalue weighted by Crippen LogP contribution is -2.29. The van der Waals surface area contributed by atoms with Gasteiger partial charge < -0.3 is 15.4 Å². The summed E-state index contributed by atoms with van der Waals surface area (Å²) in [7, 11) is -3.73. The van der Waals surface area contributed by atoms with E-state index < -0.39 is 26.8 Å². The quantitative estimate of drug-likeness (QED) is 0.519. The topological polar surface area (TPSA) is 150 Å². The molecule has 2 rings (SSSR count). The molecule has 0 saturated heterocycles. The highest BCUT2D eigenvalue weighted by Gasteiger charge is 2.16. The molecule has 11 heteroatoms. The lowest BCUT2D eigenvalue weighted by atomic mass is 10.1. The maximum atomic E-state index is 11.8. The number of aromatic nitrogens is 2. The van der Waals surface area contributed by atoms with Crippen LogP contribution in [0.5, 0.6) is 0 Å². The van der Waals surface area contributed by atoms with Gasteiger partial charge in [-0.05, 0) is 29.0 Å². The van der Waals surface area contributed by atoms with Crippen molar-refractivity contribution in [1.82, 2.24) is 14.9 Å². The maximum Gasteiger partial charge on any atom is 0.435 e. The molecule has 0 atom stereocenters. The van der Waals surface area contributed by atoms with Gasteiger partial charge in [0, 0.05) is 6.54 Å². The van der Waals surface area contributed by atoms with Crippen molar-refractivity contribution in [3.8, 4) is 0 Å². The van der Waals surface area contributed by atoms with Crippen molar-refractivity contribution in [2.45, 2.75) is 17.9 Å². The minimum atomic E-state index is -3.73. The monoisotopic (exact) mass is 353 g/mol. The summed E-state index contributed by atoms with van der Waals surface area (Å²) in [6.07, 6.45) is 3.07. The van der Waals surface area contributed by atoms with Crippen LogP contribution >= 0.6 is 0 Å². The fraction of sp³-hybridized carbons (Fsp3) is 0.231. The van der Waals surface area contributed by atoms with Crippen molar-refractivity contribution >= 4 is 21.9 Å². The molecule has 0 aliphatic carbocycles. The number of rotatable bonds is 7. The summed E-state index contributed by atoms with van der Waals surface area (Å²) in [5.41, 5.74) is 0.816. The first kappa shape index (κ1) is 17.6. The zero-order valence-electron chi connectivity index (χ0n) is 12.5. The molecule has 3 N–H and O–H groups in total. The molecule has 0 aliphatic heterocycles. The number of nitrogens with zero attached hydrogens (tertiary/aromatic N) is 3. The molecule has 10 nitrogen and oxygen atoms in total. The van der Waals surface area contributed by atoms with Gasteiger partial charge in [0.2, 0.25) is 10.0 Å². The summed E-state index contributed by atoms with van der Waals surface area (Å²) in [5, 5.41) is 18.3. The predicted octanol–water partition coefficient (Wildman–Crippen LogP) is -0.202. The van der Waals surface area contributed by atoms with Gasteiger partial charge in [-0.25, -0.2) is 18.1 Å². The SMILES string of the molecule is NS(=O)(=O)c1ccc(CCNC(=O)Cn2ccnc2[N+](=O)[O-])cc1. The van der Waals surface area contributed by atoms with Crippen molar-refractivity contribution in [3.63, 3.8) is 0 Å².